The van der Waals surface area contributed by atoms with Gasteiger partial charge in [-0.15, -0.1) is 6.58 Å². The van der Waals surface area contributed by atoms with Crippen molar-refractivity contribution in [1.29, 1.82) is 0 Å². The van der Waals surface area contributed by atoms with Gasteiger partial charge >= 0.3 is 5.97 Å². The molecule has 0 aliphatic heterocycles. The molecule has 1 heterocycles. The lowest BCUT2D eigenvalue weighted by atomic mass is 10.1. The lowest BCUT2D eigenvalue weighted by molar-refractivity contribution is 0.0698. The predicted octanol–water partition coefficient (Wildman–Crippen LogP) is 2.67. The van der Waals surface area contributed by atoms with Crippen LogP contribution in [0, 0.1) is 0 Å². The number of rotatable bonds is 4. The van der Waals surface area contributed by atoms with Gasteiger partial charge < -0.3 is 9.67 Å². The first-order valence-corrected chi connectivity index (χ1v) is 6.01. The number of benzene rings is 1. The summed E-state index contributed by atoms with van der Waals surface area (Å²) < 4.78 is 1.59. The van der Waals surface area contributed by atoms with Crippen molar-refractivity contribution in [2.45, 2.75) is 19.9 Å². The predicted molar refractivity (Wildman–Crippen MR) is 74.6 cm³/mol. The summed E-state index contributed by atoms with van der Waals surface area (Å²) in [6.07, 6.45) is 0.691. The highest BCUT2D eigenvalue weighted by Gasteiger charge is 2.13. The molecule has 0 unspecified atom stereocenters. The third kappa shape index (κ3) is 2.57. The average Bonchev–Trinajstić information content (AvgIpc) is 2.36. The zero-order chi connectivity index (χ0) is 14.0. The molecule has 2 rings (SSSR count). The fourth-order valence-corrected chi connectivity index (χ4v) is 2.04. The number of carboxylic acid groups (broad SMARTS) is 1. The van der Waals surface area contributed by atoms with Crippen LogP contribution in [-0.2, 0) is 6.54 Å². The van der Waals surface area contributed by atoms with Crippen LogP contribution in [0.5, 0.6) is 0 Å². The molecule has 0 atom stereocenters. The van der Waals surface area contributed by atoms with Gasteiger partial charge in [0.15, 0.2) is 0 Å². The molecule has 1 aromatic carbocycles. The van der Waals surface area contributed by atoms with Gasteiger partial charge in [0.05, 0.1) is 11.1 Å². The Morgan fingerprint density at radius 2 is 2.05 bits per heavy atom. The van der Waals surface area contributed by atoms with Crippen molar-refractivity contribution in [3.8, 4) is 0 Å². The average molecular weight is 257 g/mol. The number of aromatic nitrogens is 1. The van der Waals surface area contributed by atoms with Crippen LogP contribution in [-0.4, -0.2) is 15.6 Å². The molecule has 98 valence electrons. The van der Waals surface area contributed by atoms with E-state index in [0.717, 1.165) is 5.57 Å². The number of aromatic carboxylic acids is 1. The highest BCUT2D eigenvalue weighted by atomic mass is 16.4. The van der Waals surface area contributed by atoms with Crippen molar-refractivity contribution in [3.63, 3.8) is 0 Å². The number of nitrogens with zero attached hydrogens (tertiary/aromatic N) is 1. The maximum atomic E-state index is 12.0. The first kappa shape index (κ1) is 13.1. The Balaban J connectivity index is 2.68. The second kappa shape index (κ2) is 5.10. The smallest absolute Gasteiger partial charge is 0.336 e. The van der Waals surface area contributed by atoms with Crippen molar-refractivity contribution < 1.29 is 9.90 Å². The molecule has 4 heteroatoms. The third-order valence-electron chi connectivity index (χ3n) is 3.01. The summed E-state index contributed by atoms with van der Waals surface area (Å²) in [7, 11) is 0. The van der Waals surface area contributed by atoms with E-state index in [9.17, 15) is 9.59 Å². The lowest BCUT2D eigenvalue weighted by Gasteiger charge is -2.11. The summed E-state index contributed by atoms with van der Waals surface area (Å²) in [5, 5.41) is 9.73. The fourth-order valence-electron chi connectivity index (χ4n) is 2.04. The van der Waals surface area contributed by atoms with Crippen LogP contribution in [0.4, 0.5) is 0 Å². The molecule has 0 spiro atoms. The van der Waals surface area contributed by atoms with Crippen molar-refractivity contribution in [2.75, 3.05) is 0 Å². The monoisotopic (exact) mass is 257 g/mol. The Morgan fingerprint density at radius 1 is 1.37 bits per heavy atom. The van der Waals surface area contributed by atoms with E-state index in [1.54, 1.807) is 28.8 Å². The molecule has 0 saturated carbocycles. The number of carboxylic acids is 1. The summed E-state index contributed by atoms with van der Waals surface area (Å²) in [4.78, 5) is 23.2. The Morgan fingerprint density at radius 3 is 2.68 bits per heavy atom. The zero-order valence-corrected chi connectivity index (χ0v) is 10.7. The maximum Gasteiger partial charge on any atom is 0.336 e. The van der Waals surface area contributed by atoms with Crippen LogP contribution in [0.2, 0.25) is 0 Å². The number of hydrogen-bond donors (Lipinski definition) is 1. The van der Waals surface area contributed by atoms with Gasteiger partial charge in [-0.3, -0.25) is 4.79 Å². The lowest BCUT2D eigenvalue weighted by Crippen LogP contribution is -2.22. The molecule has 0 aliphatic carbocycles. The van der Waals surface area contributed by atoms with Gasteiger partial charge in [0, 0.05) is 18.0 Å². The van der Waals surface area contributed by atoms with Crippen molar-refractivity contribution in [3.05, 3.63) is 58.4 Å². The Kier molecular flexibility index (Phi) is 3.51. The maximum absolute atomic E-state index is 12.0. The molecule has 0 aliphatic rings. The van der Waals surface area contributed by atoms with Gasteiger partial charge in [-0.25, -0.2) is 4.79 Å². The Bertz CT molecular complexity index is 713. The van der Waals surface area contributed by atoms with Gasteiger partial charge in [-0.1, -0.05) is 23.8 Å². The largest absolute Gasteiger partial charge is 0.478 e. The molecule has 2 aromatic rings. The SMILES string of the molecule is C=C(C)CCn1c(=O)cc(C(=O)O)c2ccccc21. The molecule has 0 bridgehead atoms. The van der Waals surface area contributed by atoms with Crippen molar-refractivity contribution in [2.24, 2.45) is 0 Å². The van der Waals surface area contributed by atoms with E-state index in [0.29, 0.717) is 23.9 Å². The van der Waals surface area contributed by atoms with E-state index in [2.05, 4.69) is 6.58 Å². The number of para-hydroxylation sites is 1. The van der Waals surface area contributed by atoms with E-state index >= 15 is 0 Å². The van der Waals surface area contributed by atoms with E-state index in [-0.39, 0.29) is 11.1 Å². The van der Waals surface area contributed by atoms with Crippen LogP contribution >= 0.6 is 0 Å². The minimum atomic E-state index is -1.08. The zero-order valence-electron chi connectivity index (χ0n) is 10.7. The number of pyridine rings is 1. The first-order chi connectivity index (χ1) is 9.00. The molecule has 1 N–H and O–H groups in total. The van der Waals surface area contributed by atoms with Gasteiger partial charge in [0.1, 0.15) is 0 Å². The van der Waals surface area contributed by atoms with E-state index in [1.807, 2.05) is 6.92 Å². The number of carbonyl (C=O) groups is 1. The second-order valence-electron chi connectivity index (χ2n) is 4.58. The van der Waals surface area contributed by atoms with Crippen LogP contribution in [0.15, 0.2) is 47.3 Å². The highest BCUT2D eigenvalue weighted by Crippen LogP contribution is 2.17. The number of fused-ring (bicyclic) bond motifs is 1. The third-order valence-corrected chi connectivity index (χ3v) is 3.01. The van der Waals surface area contributed by atoms with Crippen LogP contribution in [0.1, 0.15) is 23.7 Å². The van der Waals surface area contributed by atoms with E-state index in [4.69, 9.17) is 5.11 Å². The van der Waals surface area contributed by atoms with E-state index in [1.165, 1.54) is 6.07 Å². The first-order valence-electron chi connectivity index (χ1n) is 6.01. The number of allylic oxidation sites excluding steroid dienone is 1. The molecule has 1 aromatic heterocycles. The molecule has 4 nitrogen and oxygen atoms in total. The van der Waals surface area contributed by atoms with Crippen LogP contribution in [0.25, 0.3) is 10.9 Å². The number of aryl methyl sites for hydroxylation is 1. The molecular weight excluding hydrogens is 242 g/mol. The summed E-state index contributed by atoms with van der Waals surface area (Å²) in [5.41, 5.74) is 1.39. The molecule has 0 fully saturated rings. The minimum Gasteiger partial charge on any atom is -0.478 e. The van der Waals surface area contributed by atoms with Crippen molar-refractivity contribution in [1.82, 2.24) is 4.57 Å². The van der Waals surface area contributed by atoms with Crippen LogP contribution in [0.3, 0.4) is 0 Å². The summed E-state index contributed by atoms with van der Waals surface area (Å²) in [5.74, 6) is -1.08. The van der Waals surface area contributed by atoms with Gasteiger partial charge in [0.2, 0.25) is 0 Å². The fraction of sp³-hybridized carbons (Fsp3) is 0.200. The summed E-state index contributed by atoms with van der Waals surface area (Å²) in [6, 6.07) is 8.23. The molecule has 19 heavy (non-hydrogen) atoms. The van der Waals surface area contributed by atoms with Crippen LogP contribution < -0.4 is 5.56 Å². The molecule has 0 saturated heterocycles. The Labute approximate surface area is 110 Å². The molecular formula is C15H15NO3. The Hall–Kier alpha value is -2.36. The molecule has 0 radical (unpaired) electrons. The van der Waals surface area contributed by atoms with Crippen molar-refractivity contribution >= 4 is 16.9 Å². The van der Waals surface area contributed by atoms with Gasteiger partial charge in [-0.2, -0.15) is 0 Å². The summed E-state index contributed by atoms with van der Waals surface area (Å²) in [6.45, 7) is 6.23. The standard InChI is InChI=1S/C15H15NO3/c1-10(2)7-8-16-13-6-4-3-5-11(13)12(15(18)19)9-14(16)17/h3-6,9H,1,7-8H2,2H3,(H,18,19). The summed E-state index contributed by atoms with van der Waals surface area (Å²) >= 11 is 0. The van der Waals surface area contributed by atoms with Gasteiger partial charge in [-0.05, 0) is 19.4 Å². The van der Waals surface area contributed by atoms with E-state index < -0.39 is 5.97 Å². The van der Waals surface area contributed by atoms with Gasteiger partial charge in [0.25, 0.3) is 5.56 Å². The topological polar surface area (TPSA) is 59.3 Å². The number of hydrogen-bond acceptors (Lipinski definition) is 2. The normalized spacial score (nSPS) is 10.6. The molecule has 0 amide bonds. The second-order valence-corrected chi connectivity index (χ2v) is 4.58. The highest BCUT2D eigenvalue weighted by molar-refractivity contribution is 6.02. The quantitative estimate of drug-likeness (QED) is 0.857. The minimum absolute atomic E-state index is 0.0483.